The Kier molecular flexibility index (Phi) is 5.72. The zero-order valence-electron chi connectivity index (χ0n) is 15.9. The van der Waals surface area contributed by atoms with Crippen LogP contribution in [-0.4, -0.2) is 34.2 Å². The van der Waals surface area contributed by atoms with E-state index in [-0.39, 0.29) is 36.7 Å². The van der Waals surface area contributed by atoms with Gasteiger partial charge >= 0.3 is 0 Å². The van der Waals surface area contributed by atoms with Crippen molar-refractivity contribution in [2.24, 2.45) is 0 Å². The fourth-order valence-electron chi connectivity index (χ4n) is 3.47. The molecular weight excluding hydrogens is 446 g/mol. The van der Waals surface area contributed by atoms with E-state index in [0.29, 0.717) is 11.1 Å². The van der Waals surface area contributed by atoms with Crippen LogP contribution in [0.4, 0.5) is 0 Å². The molecule has 0 aliphatic carbocycles. The van der Waals surface area contributed by atoms with Crippen molar-refractivity contribution in [1.82, 2.24) is 15.2 Å². The van der Waals surface area contributed by atoms with Crippen LogP contribution in [0.3, 0.4) is 0 Å². The number of hydrogen-bond donors (Lipinski definition) is 1. The van der Waals surface area contributed by atoms with Crippen molar-refractivity contribution < 1.29 is 14.4 Å². The maximum atomic E-state index is 12.7. The average molecular weight is 464 g/mol. The first-order chi connectivity index (χ1) is 14.5. The lowest BCUT2D eigenvalue weighted by Gasteiger charge is -2.20. The maximum absolute atomic E-state index is 12.7. The van der Waals surface area contributed by atoms with Gasteiger partial charge in [-0.1, -0.05) is 46.3 Å². The number of nitrogens with one attached hydrogen (secondary N) is 1. The van der Waals surface area contributed by atoms with Crippen molar-refractivity contribution in [2.45, 2.75) is 12.5 Å². The number of amides is 3. The SMILES string of the molecule is O=C(CCN1C(=O)c2ccc(Br)cc2C1=O)NC(c1ccccc1)c1ccncc1. The number of carbonyl (C=O) groups excluding carboxylic acids is 3. The first-order valence-electron chi connectivity index (χ1n) is 9.44. The fourth-order valence-corrected chi connectivity index (χ4v) is 3.83. The fraction of sp³-hybridized carbons (Fsp3) is 0.130. The zero-order chi connectivity index (χ0) is 21.1. The molecule has 4 rings (SSSR count). The minimum atomic E-state index is -0.377. The highest BCUT2D eigenvalue weighted by Gasteiger charge is 2.35. The van der Waals surface area contributed by atoms with Gasteiger partial charge < -0.3 is 5.32 Å². The summed E-state index contributed by atoms with van der Waals surface area (Å²) in [7, 11) is 0. The van der Waals surface area contributed by atoms with Crippen molar-refractivity contribution >= 4 is 33.7 Å². The summed E-state index contributed by atoms with van der Waals surface area (Å²) in [5, 5.41) is 3.01. The van der Waals surface area contributed by atoms with Gasteiger partial charge in [0, 0.05) is 29.8 Å². The summed E-state index contributed by atoms with van der Waals surface area (Å²) >= 11 is 3.32. The minimum absolute atomic E-state index is 0.0149. The average Bonchev–Trinajstić information content (AvgIpc) is 3.01. The Morgan fingerprint density at radius 2 is 1.60 bits per heavy atom. The van der Waals surface area contributed by atoms with Gasteiger partial charge in [0.25, 0.3) is 11.8 Å². The second-order valence-corrected chi connectivity index (χ2v) is 7.81. The third-order valence-corrected chi connectivity index (χ3v) is 5.47. The minimum Gasteiger partial charge on any atom is -0.345 e. The van der Waals surface area contributed by atoms with Crippen LogP contribution in [0.5, 0.6) is 0 Å². The van der Waals surface area contributed by atoms with Gasteiger partial charge in [0.1, 0.15) is 0 Å². The molecule has 150 valence electrons. The summed E-state index contributed by atoms with van der Waals surface area (Å²) < 4.78 is 0.727. The van der Waals surface area contributed by atoms with Crippen molar-refractivity contribution in [1.29, 1.82) is 0 Å². The summed E-state index contributed by atoms with van der Waals surface area (Å²) in [5.74, 6) is -1.000. The Bertz CT molecular complexity index is 1060. The topological polar surface area (TPSA) is 79.4 Å². The van der Waals surface area contributed by atoms with E-state index in [1.165, 1.54) is 0 Å². The zero-order valence-corrected chi connectivity index (χ0v) is 17.5. The summed E-state index contributed by atoms with van der Waals surface area (Å²) in [4.78, 5) is 43.0. The Morgan fingerprint density at radius 1 is 0.933 bits per heavy atom. The van der Waals surface area contributed by atoms with E-state index in [2.05, 4.69) is 26.2 Å². The lowest BCUT2D eigenvalue weighted by atomic mass is 9.99. The molecule has 2 aromatic carbocycles. The van der Waals surface area contributed by atoms with E-state index < -0.39 is 0 Å². The summed E-state index contributed by atoms with van der Waals surface area (Å²) in [6.07, 6.45) is 3.36. The first kappa shape index (κ1) is 20.0. The molecule has 0 saturated carbocycles. The van der Waals surface area contributed by atoms with Crippen LogP contribution in [0.15, 0.2) is 77.5 Å². The highest BCUT2D eigenvalue weighted by Crippen LogP contribution is 2.26. The van der Waals surface area contributed by atoms with E-state index >= 15 is 0 Å². The Morgan fingerprint density at radius 3 is 2.33 bits per heavy atom. The Hall–Kier alpha value is -3.32. The standard InChI is InChI=1S/C23H18BrN3O3/c24-17-6-7-18-19(14-17)23(30)27(22(18)29)13-10-20(28)26-21(15-4-2-1-3-5-15)16-8-11-25-12-9-16/h1-9,11-12,14,21H,10,13H2,(H,26,28). The van der Waals surface area contributed by atoms with E-state index in [0.717, 1.165) is 20.5 Å². The predicted molar refractivity (Wildman–Crippen MR) is 115 cm³/mol. The summed E-state index contributed by atoms with van der Waals surface area (Å²) in [6, 6.07) is 17.9. The number of fused-ring (bicyclic) bond motifs is 1. The number of nitrogens with zero attached hydrogens (tertiary/aromatic N) is 2. The van der Waals surface area contributed by atoms with Gasteiger partial charge in [0.2, 0.25) is 5.91 Å². The van der Waals surface area contributed by atoms with Gasteiger partial charge in [-0.15, -0.1) is 0 Å². The normalized spacial score (nSPS) is 13.8. The number of carbonyl (C=O) groups is 3. The summed E-state index contributed by atoms with van der Waals surface area (Å²) in [5.41, 5.74) is 2.55. The van der Waals surface area contributed by atoms with Gasteiger partial charge in [-0.3, -0.25) is 24.3 Å². The molecule has 1 unspecified atom stereocenters. The third kappa shape index (κ3) is 4.02. The highest BCUT2D eigenvalue weighted by atomic mass is 79.9. The predicted octanol–water partition coefficient (Wildman–Crippen LogP) is 3.74. The number of rotatable bonds is 6. The largest absolute Gasteiger partial charge is 0.345 e. The van der Waals surface area contributed by atoms with E-state index in [1.807, 2.05) is 42.5 Å². The lowest BCUT2D eigenvalue weighted by molar-refractivity contribution is -0.121. The van der Waals surface area contributed by atoms with Gasteiger partial charge in [0.15, 0.2) is 0 Å². The number of imide groups is 1. The molecule has 1 aliphatic rings. The first-order valence-corrected chi connectivity index (χ1v) is 10.2. The number of aromatic nitrogens is 1. The number of halogens is 1. The van der Waals surface area contributed by atoms with E-state index in [4.69, 9.17) is 0 Å². The van der Waals surface area contributed by atoms with Gasteiger partial charge in [-0.2, -0.15) is 0 Å². The van der Waals surface area contributed by atoms with Crippen molar-refractivity contribution in [3.63, 3.8) is 0 Å². The molecule has 1 aromatic heterocycles. The smallest absolute Gasteiger partial charge is 0.261 e. The quantitative estimate of drug-likeness (QED) is 0.564. The molecule has 30 heavy (non-hydrogen) atoms. The molecule has 1 N–H and O–H groups in total. The van der Waals surface area contributed by atoms with Crippen LogP contribution < -0.4 is 5.32 Å². The molecule has 1 atom stereocenters. The van der Waals surface area contributed by atoms with E-state index in [9.17, 15) is 14.4 Å². The molecule has 1 aliphatic heterocycles. The molecule has 0 fully saturated rings. The lowest BCUT2D eigenvalue weighted by Crippen LogP contribution is -2.36. The number of pyridine rings is 1. The van der Waals surface area contributed by atoms with Crippen LogP contribution >= 0.6 is 15.9 Å². The van der Waals surface area contributed by atoms with Crippen molar-refractivity contribution in [3.05, 3.63) is 99.8 Å². The molecule has 2 heterocycles. The number of benzene rings is 2. The van der Waals surface area contributed by atoms with Crippen molar-refractivity contribution in [2.75, 3.05) is 6.54 Å². The second kappa shape index (κ2) is 8.59. The molecule has 0 spiro atoms. The van der Waals surface area contributed by atoms with E-state index in [1.54, 1.807) is 30.6 Å². The Balaban J connectivity index is 1.46. The van der Waals surface area contributed by atoms with Gasteiger partial charge in [0.05, 0.1) is 17.2 Å². The molecule has 7 heteroatoms. The van der Waals surface area contributed by atoms with Gasteiger partial charge in [-0.05, 0) is 41.5 Å². The van der Waals surface area contributed by atoms with Crippen LogP contribution in [0.2, 0.25) is 0 Å². The van der Waals surface area contributed by atoms with Crippen LogP contribution in [-0.2, 0) is 4.79 Å². The third-order valence-electron chi connectivity index (χ3n) is 4.97. The van der Waals surface area contributed by atoms with Crippen molar-refractivity contribution in [3.8, 4) is 0 Å². The summed E-state index contributed by atoms with van der Waals surface area (Å²) in [6.45, 7) is 0.0215. The molecule has 3 amide bonds. The molecule has 0 saturated heterocycles. The molecule has 6 nitrogen and oxygen atoms in total. The number of hydrogen-bond acceptors (Lipinski definition) is 4. The molecule has 0 bridgehead atoms. The van der Waals surface area contributed by atoms with Gasteiger partial charge in [-0.25, -0.2) is 0 Å². The van der Waals surface area contributed by atoms with Crippen LogP contribution in [0.25, 0.3) is 0 Å². The monoisotopic (exact) mass is 463 g/mol. The second-order valence-electron chi connectivity index (χ2n) is 6.89. The molecule has 3 aromatic rings. The Labute approximate surface area is 182 Å². The van der Waals surface area contributed by atoms with Crippen LogP contribution in [0, 0.1) is 0 Å². The maximum Gasteiger partial charge on any atom is 0.261 e. The molecule has 0 radical (unpaired) electrons. The van der Waals surface area contributed by atoms with Crippen LogP contribution in [0.1, 0.15) is 44.3 Å². The highest BCUT2D eigenvalue weighted by molar-refractivity contribution is 9.10. The molecular formula is C23H18BrN3O3.